The maximum absolute atomic E-state index is 14.4. The number of anilines is 4. The minimum atomic E-state index is -1.31. The Morgan fingerprint density at radius 2 is 0.685 bits per heavy atom. The first-order valence-electron chi connectivity index (χ1n) is 28.4. The van der Waals surface area contributed by atoms with Crippen LogP contribution in [0.3, 0.4) is 0 Å². The second-order valence-corrected chi connectivity index (χ2v) is 20.0. The van der Waals surface area contributed by atoms with Crippen molar-refractivity contribution < 1.29 is 57.3 Å². The highest BCUT2D eigenvalue weighted by molar-refractivity contribution is 6.08. The third-order valence-corrected chi connectivity index (χ3v) is 13.2. The zero-order chi connectivity index (χ0) is 65.6. The second kappa shape index (κ2) is 36.5. The number of amides is 8. The normalized spacial score (nSPS) is 11.9. The van der Waals surface area contributed by atoms with E-state index in [1.165, 1.54) is 108 Å². The van der Waals surface area contributed by atoms with Gasteiger partial charge in [0.05, 0.1) is 56.7 Å². The number of carbonyl (C=O) groups is 8. The van der Waals surface area contributed by atoms with E-state index in [9.17, 15) is 38.4 Å². The van der Waals surface area contributed by atoms with Gasteiger partial charge in [0.15, 0.2) is 17.9 Å². The molecule has 0 saturated carbocycles. The van der Waals surface area contributed by atoms with E-state index < -0.39 is 71.4 Å². The molecule has 0 fully saturated rings. The van der Waals surface area contributed by atoms with Crippen molar-refractivity contribution in [2.45, 2.75) is 88.9 Å². The lowest BCUT2D eigenvalue weighted by molar-refractivity contribution is -0.118. The van der Waals surface area contributed by atoms with Gasteiger partial charge in [-0.3, -0.25) is 54.6 Å². The third kappa shape index (κ3) is 23.4. The fraction of sp³-hybridized carbons (Fsp3) is 0.397. The zero-order valence-corrected chi connectivity index (χ0v) is 50.4. The van der Waals surface area contributed by atoms with Crippen molar-refractivity contribution in [2.24, 2.45) is 28.7 Å². The van der Waals surface area contributed by atoms with Crippen molar-refractivity contribution in [3.8, 4) is 23.0 Å². The average molecular weight is 1240 g/mol. The summed E-state index contributed by atoms with van der Waals surface area (Å²) in [6, 6.07) is 12.5. The fourth-order valence-corrected chi connectivity index (χ4v) is 8.64. The Bertz CT molecular complexity index is 3160. The number of benzene rings is 4. The van der Waals surface area contributed by atoms with Crippen molar-refractivity contribution >= 4 is 87.9 Å². The maximum atomic E-state index is 14.4. The van der Waals surface area contributed by atoms with Crippen molar-refractivity contribution in [1.82, 2.24) is 37.2 Å². The van der Waals surface area contributed by atoms with E-state index in [1.54, 1.807) is 0 Å². The molecule has 0 saturated heterocycles. The molecular formula is C58H83N19O12. The molecule has 31 heteroatoms. The zero-order valence-electron chi connectivity index (χ0n) is 50.4. The second-order valence-electron chi connectivity index (χ2n) is 20.0. The molecule has 0 spiro atoms. The Morgan fingerprint density at radius 3 is 0.955 bits per heavy atom. The third-order valence-electron chi connectivity index (χ3n) is 13.2. The number of methoxy groups -OCH3 is 4. The van der Waals surface area contributed by atoms with Gasteiger partial charge in [0.1, 0.15) is 41.1 Å². The summed E-state index contributed by atoms with van der Waals surface area (Å²) in [4.78, 5) is 111. The van der Waals surface area contributed by atoms with Crippen LogP contribution in [0.5, 0.6) is 23.0 Å². The molecule has 4 aromatic carbocycles. The number of hydrogen-bond donors (Lipinski definition) is 19. The van der Waals surface area contributed by atoms with E-state index in [0.717, 1.165) is 12.8 Å². The predicted octanol–water partition coefficient (Wildman–Crippen LogP) is 0.867. The molecule has 4 aromatic rings. The van der Waals surface area contributed by atoms with E-state index in [2.05, 4.69) is 58.5 Å². The van der Waals surface area contributed by atoms with Gasteiger partial charge in [-0.05, 0) is 138 Å². The van der Waals surface area contributed by atoms with Crippen LogP contribution in [0.2, 0.25) is 0 Å². The van der Waals surface area contributed by atoms with E-state index in [4.69, 9.17) is 63.8 Å². The Labute approximate surface area is 515 Å². The molecule has 4 atom stereocenters. The largest absolute Gasteiger partial charge is 0.496 e. The van der Waals surface area contributed by atoms with Crippen molar-refractivity contribution in [1.29, 1.82) is 16.2 Å². The highest BCUT2D eigenvalue weighted by atomic mass is 16.5. The first kappa shape index (κ1) is 71.1. The van der Waals surface area contributed by atoms with Crippen LogP contribution in [-0.4, -0.2) is 150 Å². The minimum Gasteiger partial charge on any atom is -0.496 e. The molecule has 0 aliphatic carbocycles. The number of unbranched alkanes of at least 4 members (excludes halogenated alkanes) is 2. The van der Waals surface area contributed by atoms with Gasteiger partial charge in [-0.2, -0.15) is 0 Å². The highest BCUT2D eigenvalue weighted by Gasteiger charge is 2.29. The van der Waals surface area contributed by atoms with Crippen molar-refractivity contribution in [2.75, 3.05) is 82.4 Å². The van der Waals surface area contributed by atoms with Crippen LogP contribution in [0.4, 0.5) is 22.7 Å². The number of ether oxygens (including phenoxy) is 4. The monoisotopic (exact) mass is 1240 g/mol. The number of nitrogens with two attached hydrogens (primary N) is 5. The summed E-state index contributed by atoms with van der Waals surface area (Å²) < 4.78 is 21.9. The quantitative estimate of drug-likeness (QED) is 0.0171. The van der Waals surface area contributed by atoms with Gasteiger partial charge in [-0.25, -0.2) is 0 Å². The van der Waals surface area contributed by atoms with Gasteiger partial charge < -0.3 is 106 Å². The molecule has 482 valence electrons. The van der Waals surface area contributed by atoms with Crippen LogP contribution in [0.1, 0.15) is 106 Å². The fourth-order valence-electron chi connectivity index (χ4n) is 8.64. The number of rotatable bonds is 36. The summed E-state index contributed by atoms with van der Waals surface area (Å²) in [7, 11) is 5.36. The van der Waals surface area contributed by atoms with Gasteiger partial charge in [-0.1, -0.05) is 6.42 Å². The lowest BCUT2D eigenvalue weighted by Gasteiger charge is -2.22. The van der Waals surface area contributed by atoms with Crippen LogP contribution >= 0.6 is 0 Å². The first-order valence-corrected chi connectivity index (χ1v) is 28.4. The van der Waals surface area contributed by atoms with Crippen LogP contribution in [-0.2, 0) is 19.2 Å². The van der Waals surface area contributed by atoms with Gasteiger partial charge >= 0.3 is 0 Å². The molecule has 0 aliphatic rings. The molecule has 89 heavy (non-hydrogen) atoms. The molecular weight excluding hydrogens is 1150 g/mol. The van der Waals surface area contributed by atoms with Gasteiger partial charge in [-0.15, -0.1) is 0 Å². The van der Waals surface area contributed by atoms with Crippen LogP contribution < -0.4 is 106 Å². The topological polar surface area (TPSA) is 507 Å². The molecule has 4 rings (SSSR count). The SMILES string of the molecule is COc1ccc(NC(=O)[C@@H](CCCNC(=N)N)NC(=O)c2cc(NC(=O)[C@@H](CCCNC(=N)N)NC(=O)c3cc(NC(=O)[C@@H](CCCNC(=N)N)NC(=O)c4cc(NC(=O)[C@@H](C)N)ccc4OC)ccc3OC)ccc2OC)cc1C(=O)NCCCCCN. The number of nitrogens with one attached hydrogen (secondary N) is 14. The van der Waals surface area contributed by atoms with Crippen LogP contribution in [0, 0.1) is 16.2 Å². The van der Waals surface area contributed by atoms with E-state index in [1.807, 2.05) is 0 Å². The summed E-state index contributed by atoms with van der Waals surface area (Å²) in [6.45, 7) is 2.87. The molecule has 0 bridgehead atoms. The Kier molecular flexibility index (Phi) is 29.2. The summed E-state index contributed by atoms with van der Waals surface area (Å²) >= 11 is 0. The molecule has 0 heterocycles. The minimum absolute atomic E-state index is 0.0196. The predicted molar refractivity (Wildman–Crippen MR) is 337 cm³/mol. The average Bonchev–Trinajstić information content (AvgIpc) is 2.34. The van der Waals surface area contributed by atoms with Gasteiger partial charge in [0.2, 0.25) is 23.6 Å². The van der Waals surface area contributed by atoms with Crippen molar-refractivity contribution in [3.05, 3.63) is 95.1 Å². The Hall–Kier alpha value is -10.4. The molecule has 8 amide bonds. The smallest absolute Gasteiger partial charge is 0.255 e. The van der Waals surface area contributed by atoms with Gasteiger partial charge in [0.25, 0.3) is 23.6 Å². The van der Waals surface area contributed by atoms with E-state index in [0.29, 0.717) is 19.5 Å². The van der Waals surface area contributed by atoms with E-state index in [-0.39, 0.29) is 144 Å². The molecule has 0 unspecified atom stereocenters. The van der Waals surface area contributed by atoms with Crippen LogP contribution in [0.15, 0.2) is 72.8 Å². The number of hydrogen-bond acceptors (Lipinski definition) is 17. The molecule has 0 radical (unpaired) electrons. The molecule has 0 aromatic heterocycles. The standard InChI is InChI=1S/C58H83N19O12/c1-32(60)48(78)71-33-15-20-45(87-3)38(29-33)50(80)75-42(13-10-26-69-57(63)64)54(84)73-35-17-22-47(89-5)40(31-35)52(82)77-43(14-11-27-70-58(65)66)55(85)74-36-18-21-46(88-4)39(30-36)51(81)76-41(12-9-25-68-56(61)62)53(83)72-34-16-19-44(86-2)37(28-34)49(79)67-24-8-6-7-23-59/h15-22,28-32,41-43H,6-14,23-27,59-60H2,1-5H3,(H,67,79)(H,71,78)(H,72,83)(H,73,84)(H,74,85)(H,75,80)(H,76,81)(H,77,82)(H4,61,62,68)(H4,63,64,69)(H4,65,66,70)/t32-,41-,42-,43-/m1/s1. The lowest BCUT2D eigenvalue weighted by Crippen LogP contribution is -2.45. The molecule has 24 N–H and O–H groups in total. The Balaban J connectivity index is 1.60. The van der Waals surface area contributed by atoms with Crippen molar-refractivity contribution in [3.63, 3.8) is 0 Å². The van der Waals surface area contributed by atoms with E-state index >= 15 is 0 Å². The number of guanidine groups is 3. The molecule has 31 nitrogen and oxygen atoms in total. The molecule has 0 aliphatic heterocycles. The maximum Gasteiger partial charge on any atom is 0.255 e. The summed E-state index contributed by atoms with van der Waals surface area (Å²) in [5.41, 5.74) is 28.3. The first-order chi connectivity index (χ1) is 42.5. The number of carbonyl (C=O) groups excluding carboxylic acids is 8. The summed E-state index contributed by atoms with van der Waals surface area (Å²) in [6.07, 6.45) is 3.05. The van der Waals surface area contributed by atoms with Crippen LogP contribution in [0.25, 0.3) is 0 Å². The van der Waals surface area contributed by atoms with Gasteiger partial charge in [0, 0.05) is 48.9 Å². The summed E-state index contributed by atoms with van der Waals surface area (Å²) in [5, 5.41) is 52.5. The lowest BCUT2D eigenvalue weighted by atomic mass is 10.1. The highest BCUT2D eigenvalue weighted by Crippen LogP contribution is 2.28. The summed E-state index contributed by atoms with van der Waals surface area (Å²) in [5.74, 6) is -5.94. The Morgan fingerprint density at radius 1 is 0.404 bits per heavy atom.